The van der Waals surface area contributed by atoms with Gasteiger partial charge >= 0.3 is 0 Å². The molecule has 1 aromatic carbocycles. The SMILES string of the molecule is CCC(NCC1(C)CC1)c1cccc(Cl)c1. The average Bonchev–Trinajstić information content (AvgIpc) is 2.98. The van der Waals surface area contributed by atoms with Gasteiger partial charge in [0.25, 0.3) is 0 Å². The summed E-state index contributed by atoms with van der Waals surface area (Å²) in [5.74, 6) is 0. The predicted molar refractivity (Wildman–Crippen MR) is 69.8 cm³/mol. The van der Waals surface area contributed by atoms with Gasteiger partial charge in [0, 0.05) is 17.6 Å². The number of hydrogen-bond donors (Lipinski definition) is 1. The minimum Gasteiger partial charge on any atom is -0.309 e. The van der Waals surface area contributed by atoms with Gasteiger partial charge in [-0.2, -0.15) is 0 Å². The lowest BCUT2D eigenvalue weighted by molar-refractivity contribution is 0.433. The maximum absolute atomic E-state index is 6.02. The van der Waals surface area contributed by atoms with Crippen molar-refractivity contribution in [1.29, 1.82) is 0 Å². The zero-order valence-corrected chi connectivity index (χ0v) is 10.8. The quantitative estimate of drug-likeness (QED) is 0.810. The molecule has 0 aliphatic heterocycles. The fourth-order valence-electron chi connectivity index (χ4n) is 1.98. The largest absolute Gasteiger partial charge is 0.309 e. The van der Waals surface area contributed by atoms with Gasteiger partial charge in [-0.05, 0) is 42.4 Å². The van der Waals surface area contributed by atoms with E-state index in [-0.39, 0.29) is 0 Å². The van der Waals surface area contributed by atoms with Crippen LogP contribution in [-0.2, 0) is 0 Å². The Kier molecular flexibility index (Phi) is 3.56. The molecule has 88 valence electrons. The summed E-state index contributed by atoms with van der Waals surface area (Å²) in [6, 6.07) is 8.62. The Hall–Kier alpha value is -0.530. The summed E-state index contributed by atoms with van der Waals surface area (Å²) >= 11 is 6.02. The molecular weight excluding hydrogens is 218 g/mol. The Balaban J connectivity index is 1.98. The summed E-state index contributed by atoms with van der Waals surface area (Å²) in [5, 5.41) is 4.49. The molecule has 1 saturated carbocycles. The third kappa shape index (κ3) is 2.99. The highest BCUT2D eigenvalue weighted by Crippen LogP contribution is 2.44. The number of hydrogen-bond acceptors (Lipinski definition) is 1. The minimum absolute atomic E-state index is 0.441. The van der Waals surface area contributed by atoms with Crippen molar-refractivity contribution in [3.8, 4) is 0 Å². The summed E-state index contributed by atoms with van der Waals surface area (Å²) in [4.78, 5) is 0. The Labute approximate surface area is 103 Å². The topological polar surface area (TPSA) is 12.0 Å². The van der Waals surface area contributed by atoms with Crippen molar-refractivity contribution in [3.05, 3.63) is 34.9 Å². The van der Waals surface area contributed by atoms with Crippen molar-refractivity contribution >= 4 is 11.6 Å². The van der Waals surface area contributed by atoms with Crippen molar-refractivity contribution in [3.63, 3.8) is 0 Å². The lowest BCUT2D eigenvalue weighted by Crippen LogP contribution is -2.26. The van der Waals surface area contributed by atoms with Gasteiger partial charge in [-0.1, -0.05) is 37.6 Å². The van der Waals surface area contributed by atoms with Crippen LogP contribution >= 0.6 is 11.6 Å². The minimum atomic E-state index is 0.441. The molecule has 1 fully saturated rings. The van der Waals surface area contributed by atoms with E-state index in [2.05, 4.69) is 31.3 Å². The van der Waals surface area contributed by atoms with E-state index >= 15 is 0 Å². The number of nitrogens with one attached hydrogen (secondary N) is 1. The molecular formula is C14H20ClN. The predicted octanol–water partition coefficient (Wildman–Crippen LogP) is 4.18. The lowest BCUT2D eigenvalue weighted by Gasteiger charge is -2.20. The van der Waals surface area contributed by atoms with Crippen molar-refractivity contribution in [1.82, 2.24) is 5.32 Å². The first kappa shape index (κ1) is 11.9. The highest BCUT2D eigenvalue weighted by molar-refractivity contribution is 6.30. The molecule has 1 unspecified atom stereocenters. The third-order valence-corrected chi connectivity index (χ3v) is 3.77. The first-order valence-corrected chi connectivity index (χ1v) is 6.50. The van der Waals surface area contributed by atoms with Crippen LogP contribution in [0, 0.1) is 5.41 Å². The molecule has 0 radical (unpaired) electrons. The van der Waals surface area contributed by atoms with E-state index in [0.717, 1.165) is 18.0 Å². The van der Waals surface area contributed by atoms with E-state index in [0.29, 0.717) is 11.5 Å². The lowest BCUT2D eigenvalue weighted by atomic mass is 10.0. The van der Waals surface area contributed by atoms with Crippen molar-refractivity contribution in [2.45, 2.75) is 39.2 Å². The van der Waals surface area contributed by atoms with E-state index in [9.17, 15) is 0 Å². The van der Waals surface area contributed by atoms with Crippen LogP contribution in [0.25, 0.3) is 0 Å². The Bertz CT molecular complexity index is 358. The average molecular weight is 238 g/mol. The van der Waals surface area contributed by atoms with E-state index in [1.165, 1.54) is 18.4 Å². The molecule has 0 aromatic heterocycles. The van der Waals surface area contributed by atoms with Gasteiger partial charge in [0.05, 0.1) is 0 Å². The zero-order chi connectivity index (χ0) is 11.6. The molecule has 1 aliphatic carbocycles. The molecule has 16 heavy (non-hydrogen) atoms. The van der Waals surface area contributed by atoms with Crippen LogP contribution in [0.1, 0.15) is 44.7 Å². The fourth-order valence-corrected chi connectivity index (χ4v) is 2.18. The normalized spacial score (nSPS) is 19.4. The fraction of sp³-hybridized carbons (Fsp3) is 0.571. The van der Waals surface area contributed by atoms with E-state index in [1.807, 2.05) is 12.1 Å². The van der Waals surface area contributed by atoms with E-state index in [4.69, 9.17) is 11.6 Å². The van der Waals surface area contributed by atoms with Crippen LogP contribution in [0.4, 0.5) is 0 Å². The molecule has 1 atom stereocenters. The first-order chi connectivity index (χ1) is 7.63. The van der Waals surface area contributed by atoms with Gasteiger partial charge in [0.2, 0.25) is 0 Å². The van der Waals surface area contributed by atoms with Crippen molar-refractivity contribution < 1.29 is 0 Å². The number of halogens is 1. The second kappa shape index (κ2) is 4.77. The Morgan fingerprint density at radius 3 is 2.75 bits per heavy atom. The van der Waals surface area contributed by atoms with Gasteiger partial charge in [-0.3, -0.25) is 0 Å². The summed E-state index contributed by atoms with van der Waals surface area (Å²) in [7, 11) is 0. The van der Waals surface area contributed by atoms with Gasteiger partial charge in [-0.25, -0.2) is 0 Å². The van der Waals surface area contributed by atoms with Crippen molar-refractivity contribution in [2.24, 2.45) is 5.41 Å². The van der Waals surface area contributed by atoms with Crippen LogP contribution in [0.2, 0.25) is 5.02 Å². The maximum atomic E-state index is 6.02. The third-order valence-electron chi connectivity index (χ3n) is 3.54. The molecule has 2 heteroatoms. The molecule has 1 aliphatic rings. The van der Waals surface area contributed by atoms with Crippen LogP contribution in [0.5, 0.6) is 0 Å². The first-order valence-electron chi connectivity index (χ1n) is 6.12. The standard InChI is InChI=1S/C14H20ClN/c1-3-13(16-10-14(2)7-8-14)11-5-4-6-12(15)9-11/h4-6,9,13,16H,3,7-8,10H2,1-2H3. The summed E-state index contributed by atoms with van der Waals surface area (Å²) in [6.45, 7) is 5.69. The molecule has 0 amide bonds. The summed E-state index contributed by atoms with van der Waals surface area (Å²) < 4.78 is 0. The second-order valence-electron chi connectivity index (χ2n) is 5.21. The van der Waals surface area contributed by atoms with Crippen molar-refractivity contribution in [2.75, 3.05) is 6.54 Å². The number of benzene rings is 1. The van der Waals surface area contributed by atoms with Crippen LogP contribution in [0.3, 0.4) is 0 Å². The number of rotatable bonds is 5. The van der Waals surface area contributed by atoms with Crippen LogP contribution < -0.4 is 5.32 Å². The maximum Gasteiger partial charge on any atom is 0.0409 e. The van der Waals surface area contributed by atoms with E-state index in [1.54, 1.807) is 0 Å². The highest BCUT2D eigenvalue weighted by atomic mass is 35.5. The summed E-state index contributed by atoms with van der Waals surface area (Å²) in [6.07, 6.45) is 3.84. The van der Waals surface area contributed by atoms with Gasteiger partial charge in [-0.15, -0.1) is 0 Å². The van der Waals surface area contributed by atoms with Crippen LogP contribution in [0.15, 0.2) is 24.3 Å². The molecule has 0 heterocycles. The molecule has 1 nitrogen and oxygen atoms in total. The summed E-state index contributed by atoms with van der Waals surface area (Å²) in [5.41, 5.74) is 1.87. The smallest absolute Gasteiger partial charge is 0.0409 e. The van der Waals surface area contributed by atoms with E-state index < -0.39 is 0 Å². The zero-order valence-electron chi connectivity index (χ0n) is 10.1. The molecule has 2 rings (SSSR count). The van der Waals surface area contributed by atoms with Gasteiger partial charge in [0.15, 0.2) is 0 Å². The molecule has 0 saturated heterocycles. The van der Waals surface area contributed by atoms with Gasteiger partial charge < -0.3 is 5.32 Å². The van der Waals surface area contributed by atoms with Crippen LogP contribution in [-0.4, -0.2) is 6.54 Å². The monoisotopic (exact) mass is 237 g/mol. The molecule has 0 bridgehead atoms. The molecule has 1 aromatic rings. The molecule has 0 spiro atoms. The second-order valence-corrected chi connectivity index (χ2v) is 5.64. The van der Waals surface area contributed by atoms with Gasteiger partial charge in [0.1, 0.15) is 0 Å². The Morgan fingerprint density at radius 2 is 2.19 bits per heavy atom. The Morgan fingerprint density at radius 1 is 1.44 bits per heavy atom. The molecule has 1 N–H and O–H groups in total. The highest BCUT2D eigenvalue weighted by Gasteiger charge is 2.37.